The Hall–Kier alpha value is -3.22. The topological polar surface area (TPSA) is 75.5 Å². The van der Waals surface area contributed by atoms with Gasteiger partial charge in [0.2, 0.25) is 5.91 Å². The summed E-state index contributed by atoms with van der Waals surface area (Å²) in [5.74, 6) is -0.314. The van der Waals surface area contributed by atoms with Gasteiger partial charge in [-0.15, -0.1) is 0 Å². The van der Waals surface area contributed by atoms with Crippen molar-refractivity contribution in [2.75, 3.05) is 19.6 Å². The van der Waals surface area contributed by atoms with Crippen molar-refractivity contribution < 1.29 is 9.72 Å². The minimum atomic E-state index is -0.336. The second kappa shape index (κ2) is 13.4. The minimum absolute atomic E-state index is 0.00682. The molecule has 4 rings (SSSR count). The molecule has 37 heavy (non-hydrogen) atoms. The smallest absolute Gasteiger partial charge is 0.273 e. The number of nitrogens with zero attached hydrogens (tertiary/aromatic N) is 2. The van der Waals surface area contributed by atoms with E-state index >= 15 is 0 Å². The van der Waals surface area contributed by atoms with Gasteiger partial charge >= 0.3 is 0 Å². The van der Waals surface area contributed by atoms with Gasteiger partial charge in [-0.1, -0.05) is 91.5 Å². The Kier molecular flexibility index (Phi) is 9.69. The zero-order chi connectivity index (χ0) is 26.0. The number of hydrogen-bond acceptors (Lipinski definition) is 4. The van der Waals surface area contributed by atoms with Crippen LogP contribution in [0.4, 0.5) is 5.69 Å². The van der Waals surface area contributed by atoms with Crippen LogP contribution in [0.3, 0.4) is 0 Å². The van der Waals surface area contributed by atoms with Crippen molar-refractivity contribution in [3.63, 3.8) is 0 Å². The van der Waals surface area contributed by atoms with Gasteiger partial charge in [-0.25, -0.2) is 0 Å². The Morgan fingerprint density at radius 1 is 1.00 bits per heavy atom. The zero-order valence-corrected chi connectivity index (χ0v) is 21.8. The average Bonchev–Trinajstić information content (AvgIpc) is 2.91. The van der Waals surface area contributed by atoms with Gasteiger partial charge in [0.05, 0.1) is 11.5 Å². The highest BCUT2D eigenvalue weighted by Gasteiger charge is 2.27. The van der Waals surface area contributed by atoms with E-state index in [0.29, 0.717) is 23.7 Å². The van der Waals surface area contributed by atoms with Gasteiger partial charge in [-0.3, -0.25) is 19.8 Å². The number of benzene rings is 3. The number of hydrogen-bond donors (Lipinski definition) is 1. The molecule has 0 saturated heterocycles. The maximum atomic E-state index is 13.1. The van der Waals surface area contributed by atoms with Crippen molar-refractivity contribution in [2.24, 2.45) is 0 Å². The summed E-state index contributed by atoms with van der Waals surface area (Å²) in [6.07, 6.45) is 6.35. The number of carbonyl (C=O) groups is 1. The normalized spacial score (nSPS) is 14.9. The molecule has 1 N–H and O–H groups in total. The van der Waals surface area contributed by atoms with Crippen LogP contribution in [0, 0.1) is 10.1 Å². The van der Waals surface area contributed by atoms with E-state index in [1.165, 1.54) is 18.1 Å². The van der Waals surface area contributed by atoms with Gasteiger partial charge in [0.15, 0.2) is 0 Å². The molecule has 6 nitrogen and oxygen atoms in total. The highest BCUT2D eigenvalue weighted by molar-refractivity contribution is 6.30. The number of rotatable bonds is 11. The number of nitrogens with one attached hydrogen (secondary N) is 1. The number of para-hydroxylation sites is 1. The lowest BCUT2D eigenvalue weighted by molar-refractivity contribution is -0.385. The predicted molar refractivity (Wildman–Crippen MR) is 148 cm³/mol. The average molecular weight is 520 g/mol. The fourth-order valence-electron chi connectivity index (χ4n) is 5.20. The summed E-state index contributed by atoms with van der Waals surface area (Å²) < 4.78 is 0. The van der Waals surface area contributed by atoms with E-state index in [2.05, 4.69) is 22.3 Å². The Morgan fingerprint density at radius 3 is 2.46 bits per heavy atom. The summed E-state index contributed by atoms with van der Waals surface area (Å²) in [7, 11) is 0. The van der Waals surface area contributed by atoms with Gasteiger partial charge in [0.1, 0.15) is 0 Å². The van der Waals surface area contributed by atoms with Crippen LogP contribution in [-0.2, 0) is 11.2 Å². The van der Waals surface area contributed by atoms with Gasteiger partial charge < -0.3 is 5.32 Å². The molecule has 1 aliphatic carbocycles. The number of nitro groups is 1. The Balaban J connectivity index is 1.61. The molecular weight excluding hydrogens is 486 g/mol. The lowest BCUT2D eigenvalue weighted by Crippen LogP contribution is -2.44. The zero-order valence-electron chi connectivity index (χ0n) is 21.0. The molecule has 3 aromatic rings. The van der Waals surface area contributed by atoms with Gasteiger partial charge in [-0.05, 0) is 42.5 Å². The maximum Gasteiger partial charge on any atom is 0.273 e. The van der Waals surface area contributed by atoms with E-state index < -0.39 is 0 Å². The number of nitro benzene ring substituents is 1. The summed E-state index contributed by atoms with van der Waals surface area (Å²) in [5.41, 5.74) is 2.76. The molecule has 3 aromatic carbocycles. The fraction of sp³-hybridized carbons (Fsp3) is 0.367. The summed E-state index contributed by atoms with van der Waals surface area (Å²) >= 11 is 6.34. The first-order valence-corrected chi connectivity index (χ1v) is 13.4. The largest absolute Gasteiger partial charge is 0.352 e. The number of carbonyl (C=O) groups excluding carboxylic acids is 1. The molecule has 1 aliphatic rings. The van der Waals surface area contributed by atoms with E-state index in [-0.39, 0.29) is 35.0 Å². The van der Waals surface area contributed by atoms with E-state index in [1.807, 2.05) is 42.5 Å². The molecule has 1 amide bonds. The van der Waals surface area contributed by atoms with Crippen molar-refractivity contribution in [1.29, 1.82) is 0 Å². The first-order chi connectivity index (χ1) is 18.0. The molecular formula is C30H34ClN3O3. The SMILES string of the molecule is O=C(CN(CCc1ccccc1)CC(c1cccc(Cl)c1)c1ccccc1[N+](=O)[O-])NC1CCCCC1. The van der Waals surface area contributed by atoms with Crippen LogP contribution in [0.25, 0.3) is 0 Å². The third-order valence-electron chi connectivity index (χ3n) is 7.10. The molecule has 0 heterocycles. The lowest BCUT2D eigenvalue weighted by atomic mass is 9.89. The fourth-order valence-corrected chi connectivity index (χ4v) is 5.40. The number of halogens is 1. The monoisotopic (exact) mass is 519 g/mol. The van der Waals surface area contributed by atoms with E-state index in [9.17, 15) is 14.9 Å². The van der Waals surface area contributed by atoms with Gasteiger partial charge in [0.25, 0.3) is 5.69 Å². The Labute approximate surface area is 223 Å². The Morgan fingerprint density at radius 2 is 1.73 bits per heavy atom. The first kappa shape index (κ1) is 26.8. The van der Waals surface area contributed by atoms with Crippen LogP contribution in [0.15, 0.2) is 78.9 Å². The summed E-state index contributed by atoms with van der Waals surface area (Å²) in [4.78, 5) is 26.8. The standard InChI is InChI=1S/C30H34ClN3O3/c31-25-13-9-12-24(20-25)28(27-16-7-8-17-29(27)34(36)37)21-33(19-18-23-10-3-1-4-11-23)22-30(35)32-26-14-5-2-6-15-26/h1,3-4,7-13,16-17,20,26,28H,2,5-6,14-15,18-19,21-22H2,(H,32,35). The molecule has 194 valence electrons. The van der Waals surface area contributed by atoms with Crippen LogP contribution < -0.4 is 5.32 Å². The maximum absolute atomic E-state index is 13.1. The van der Waals surface area contributed by atoms with E-state index in [0.717, 1.165) is 37.7 Å². The van der Waals surface area contributed by atoms with Crippen LogP contribution in [0.5, 0.6) is 0 Å². The summed E-state index contributed by atoms with van der Waals surface area (Å²) in [6, 6.07) is 24.7. The number of amides is 1. The highest BCUT2D eigenvalue weighted by atomic mass is 35.5. The molecule has 0 radical (unpaired) electrons. The molecule has 1 saturated carbocycles. The molecule has 0 aliphatic heterocycles. The quantitative estimate of drug-likeness (QED) is 0.236. The third-order valence-corrected chi connectivity index (χ3v) is 7.33. The van der Waals surface area contributed by atoms with Crippen molar-refractivity contribution in [3.05, 3.63) is 111 Å². The molecule has 0 bridgehead atoms. The summed E-state index contributed by atoms with van der Waals surface area (Å²) in [6.45, 7) is 1.34. The van der Waals surface area contributed by atoms with Gasteiger partial charge in [0, 0.05) is 41.7 Å². The van der Waals surface area contributed by atoms with Crippen molar-refractivity contribution in [2.45, 2.75) is 50.5 Å². The van der Waals surface area contributed by atoms with Crippen molar-refractivity contribution >= 4 is 23.2 Å². The first-order valence-electron chi connectivity index (χ1n) is 13.0. The lowest BCUT2D eigenvalue weighted by Gasteiger charge is -2.29. The van der Waals surface area contributed by atoms with E-state index in [1.54, 1.807) is 18.2 Å². The minimum Gasteiger partial charge on any atom is -0.352 e. The van der Waals surface area contributed by atoms with Crippen LogP contribution >= 0.6 is 11.6 Å². The van der Waals surface area contributed by atoms with Crippen LogP contribution in [0.1, 0.15) is 54.7 Å². The molecule has 1 unspecified atom stereocenters. The predicted octanol–water partition coefficient (Wildman–Crippen LogP) is 6.37. The van der Waals surface area contributed by atoms with Crippen molar-refractivity contribution in [1.82, 2.24) is 10.2 Å². The second-order valence-electron chi connectivity index (χ2n) is 9.80. The van der Waals surface area contributed by atoms with E-state index in [4.69, 9.17) is 11.6 Å². The molecule has 0 aromatic heterocycles. The molecule has 0 spiro atoms. The van der Waals surface area contributed by atoms with Crippen LogP contribution in [-0.4, -0.2) is 41.4 Å². The molecule has 1 atom stereocenters. The van der Waals surface area contributed by atoms with Crippen molar-refractivity contribution in [3.8, 4) is 0 Å². The summed E-state index contributed by atoms with van der Waals surface area (Å²) in [5, 5.41) is 15.7. The molecule has 7 heteroatoms. The van der Waals surface area contributed by atoms with Gasteiger partial charge in [-0.2, -0.15) is 0 Å². The van der Waals surface area contributed by atoms with Crippen LogP contribution in [0.2, 0.25) is 5.02 Å². The second-order valence-corrected chi connectivity index (χ2v) is 10.2. The Bertz CT molecular complexity index is 1180. The molecule has 1 fully saturated rings. The highest BCUT2D eigenvalue weighted by Crippen LogP contribution is 2.33. The third kappa shape index (κ3) is 7.88.